The lowest BCUT2D eigenvalue weighted by Crippen LogP contribution is -2.17. The Labute approximate surface area is 181 Å². The summed E-state index contributed by atoms with van der Waals surface area (Å²) >= 11 is 0. The molecule has 0 aliphatic carbocycles. The molecule has 3 aromatic carbocycles. The number of aliphatic hydroxyl groups is 1. The number of carbonyl (C=O) groups excluding carboxylic acids is 1. The number of imidazole rings is 1. The number of likely N-dealkylation sites (N-methyl/N-ethyl adjacent to an activating group) is 1. The monoisotopic (exact) mass is 411 g/mol. The second kappa shape index (κ2) is 9.41. The third kappa shape index (κ3) is 4.57. The Morgan fingerprint density at radius 3 is 2.61 bits per heavy atom. The SMILES string of the molecule is CNC(=O)/C=C/c1cccc(-c2nc3ccccc3n2[C@@H](CO)Cc2ccccc2)c1. The van der Waals surface area contributed by atoms with Crippen LogP contribution in [0.4, 0.5) is 0 Å². The first-order chi connectivity index (χ1) is 15.2. The predicted octanol–water partition coefficient (Wildman–Crippen LogP) is 4.24. The van der Waals surface area contributed by atoms with Crippen LogP contribution in [0.3, 0.4) is 0 Å². The zero-order valence-electron chi connectivity index (χ0n) is 17.4. The molecule has 0 spiro atoms. The number of benzene rings is 3. The summed E-state index contributed by atoms with van der Waals surface area (Å²) < 4.78 is 2.13. The maximum atomic E-state index is 11.6. The number of rotatable bonds is 7. The highest BCUT2D eigenvalue weighted by molar-refractivity contribution is 5.91. The lowest BCUT2D eigenvalue weighted by Gasteiger charge is -2.20. The van der Waals surface area contributed by atoms with Crippen molar-refractivity contribution in [1.29, 1.82) is 0 Å². The van der Waals surface area contributed by atoms with Crippen molar-refractivity contribution in [1.82, 2.24) is 14.9 Å². The third-order valence-electron chi connectivity index (χ3n) is 5.30. The first kappa shape index (κ1) is 20.6. The number of fused-ring (bicyclic) bond motifs is 1. The first-order valence-electron chi connectivity index (χ1n) is 10.3. The largest absolute Gasteiger partial charge is 0.394 e. The Balaban J connectivity index is 1.80. The van der Waals surface area contributed by atoms with E-state index in [0.717, 1.165) is 33.5 Å². The average Bonchev–Trinajstić information content (AvgIpc) is 3.21. The molecule has 1 atom stereocenters. The van der Waals surface area contributed by atoms with Crippen molar-refractivity contribution in [2.45, 2.75) is 12.5 Å². The number of amides is 1. The number of aliphatic hydroxyl groups excluding tert-OH is 1. The highest BCUT2D eigenvalue weighted by atomic mass is 16.3. The van der Waals surface area contributed by atoms with E-state index in [9.17, 15) is 9.90 Å². The van der Waals surface area contributed by atoms with Gasteiger partial charge in [-0.25, -0.2) is 4.98 Å². The molecule has 156 valence electrons. The number of nitrogens with one attached hydrogen (secondary N) is 1. The summed E-state index contributed by atoms with van der Waals surface area (Å²) in [4.78, 5) is 16.5. The molecule has 0 aliphatic heterocycles. The third-order valence-corrected chi connectivity index (χ3v) is 5.30. The summed E-state index contributed by atoms with van der Waals surface area (Å²) in [5.74, 6) is 0.646. The van der Waals surface area contributed by atoms with Crippen LogP contribution in [0.1, 0.15) is 17.2 Å². The summed E-state index contributed by atoms with van der Waals surface area (Å²) in [6.45, 7) is -0.00147. The van der Waals surface area contributed by atoms with Gasteiger partial charge in [-0.15, -0.1) is 0 Å². The van der Waals surface area contributed by atoms with Gasteiger partial charge in [-0.05, 0) is 41.8 Å². The molecule has 1 aromatic heterocycles. The summed E-state index contributed by atoms with van der Waals surface area (Å²) in [5.41, 5.74) is 4.87. The summed E-state index contributed by atoms with van der Waals surface area (Å²) in [7, 11) is 1.60. The number of carbonyl (C=O) groups is 1. The molecule has 5 nitrogen and oxygen atoms in total. The molecular weight excluding hydrogens is 386 g/mol. The number of hydrogen-bond donors (Lipinski definition) is 2. The summed E-state index contributed by atoms with van der Waals surface area (Å²) in [6.07, 6.45) is 3.98. The predicted molar refractivity (Wildman–Crippen MR) is 125 cm³/mol. The minimum atomic E-state index is -0.158. The Bertz CT molecular complexity index is 1210. The molecule has 0 bridgehead atoms. The molecule has 1 amide bonds. The first-order valence-corrected chi connectivity index (χ1v) is 10.3. The zero-order chi connectivity index (χ0) is 21.6. The van der Waals surface area contributed by atoms with Gasteiger partial charge >= 0.3 is 0 Å². The van der Waals surface area contributed by atoms with Crippen molar-refractivity contribution in [2.24, 2.45) is 0 Å². The van der Waals surface area contributed by atoms with Gasteiger partial charge in [-0.3, -0.25) is 4.79 Å². The summed E-state index contributed by atoms with van der Waals surface area (Å²) in [5, 5.41) is 12.9. The molecule has 5 heteroatoms. The lowest BCUT2D eigenvalue weighted by atomic mass is 10.0. The lowest BCUT2D eigenvalue weighted by molar-refractivity contribution is -0.115. The van der Waals surface area contributed by atoms with E-state index in [1.54, 1.807) is 13.1 Å². The molecule has 31 heavy (non-hydrogen) atoms. The molecule has 0 saturated carbocycles. The molecule has 1 heterocycles. The number of hydrogen-bond acceptors (Lipinski definition) is 3. The Kier molecular flexibility index (Phi) is 6.24. The van der Waals surface area contributed by atoms with Gasteiger partial charge in [-0.1, -0.05) is 60.7 Å². The van der Waals surface area contributed by atoms with Gasteiger partial charge in [0.15, 0.2) is 0 Å². The molecule has 4 aromatic rings. The van der Waals surface area contributed by atoms with Crippen molar-refractivity contribution in [3.8, 4) is 11.4 Å². The molecular formula is C26H25N3O2. The van der Waals surface area contributed by atoms with E-state index < -0.39 is 0 Å². The average molecular weight is 412 g/mol. The van der Waals surface area contributed by atoms with E-state index >= 15 is 0 Å². The second-order valence-electron chi connectivity index (χ2n) is 7.39. The van der Waals surface area contributed by atoms with Gasteiger partial charge in [-0.2, -0.15) is 0 Å². The van der Waals surface area contributed by atoms with E-state index in [4.69, 9.17) is 4.98 Å². The van der Waals surface area contributed by atoms with Gasteiger partial charge in [0.1, 0.15) is 5.82 Å². The number of aromatic nitrogens is 2. The van der Waals surface area contributed by atoms with Crippen LogP contribution in [0, 0.1) is 0 Å². The van der Waals surface area contributed by atoms with Crippen molar-refractivity contribution < 1.29 is 9.90 Å². The van der Waals surface area contributed by atoms with E-state index in [-0.39, 0.29) is 18.6 Å². The fourth-order valence-corrected chi connectivity index (χ4v) is 3.78. The van der Waals surface area contributed by atoms with Gasteiger partial charge in [0.05, 0.1) is 23.7 Å². The van der Waals surface area contributed by atoms with Crippen molar-refractivity contribution in [2.75, 3.05) is 13.7 Å². The quantitative estimate of drug-likeness (QED) is 0.447. The zero-order valence-corrected chi connectivity index (χ0v) is 17.4. The van der Waals surface area contributed by atoms with Crippen LogP contribution in [0.15, 0.2) is 84.9 Å². The Hall–Kier alpha value is -3.70. The fourth-order valence-electron chi connectivity index (χ4n) is 3.78. The molecule has 2 N–H and O–H groups in total. The maximum Gasteiger partial charge on any atom is 0.243 e. The van der Waals surface area contributed by atoms with Crippen LogP contribution >= 0.6 is 0 Å². The van der Waals surface area contributed by atoms with Gasteiger partial charge < -0.3 is 15.0 Å². The molecule has 4 rings (SSSR count). The van der Waals surface area contributed by atoms with Crippen molar-refractivity contribution in [3.05, 3.63) is 96.1 Å². The highest BCUT2D eigenvalue weighted by Gasteiger charge is 2.20. The Morgan fingerprint density at radius 1 is 1.06 bits per heavy atom. The van der Waals surface area contributed by atoms with E-state index in [2.05, 4.69) is 22.0 Å². The van der Waals surface area contributed by atoms with E-state index in [0.29, 0.717) is 6.42 Å². The van der Waals surface area contributed by atoms with Gasteiger partial charge in [0.2, 0.25) is 5.91 Å². The van der Waals surface area contributed by atoms with Gasteiger partial charge in [0.25, 0.3) is 0 Å². The fraction of sp³-hybridized carbons (Fsp3) is 0.154. The molecule has 0 fully saturated rings. The molecule has 0 radical (unpaired) electrons. The minimum absolute atomic E-state index is 0.00147. The van der Waals surface area contributed by atoms with Crippen LogP contribution in [-0.4, -0.2) is 34.2 Å². The second-order valence-corrected chi connectivity index (χ2v) is 7.39. The number of nitrogens with zero attached hydrogens (tertiary/aromatic N) is 2. The van der Waals surface area contributed by atoms with Crippen LogP contribution in [0.5, 0.6) is 0 Å². The van der Waals surface area contributed by atoms with Crippen molar-refractivity contribution >= 4 is 23.0 Å². The normalized spacial score (nSPS) is 12.3. The van der Waals surface area contributed by atoms with E-state index in [1.807, 2.05) is 66.7 Å². The maximum absolute atomic E-state index is 11.6. The van der Waals surface area contributed by atoms with E-state index in [1.165, 1.54) is 6.08 Å². The minimum Gasteiger partial charge on any atom is -0.394 e. The van der Waals surface area contributed by atoms with Crippen molar-refractivity contribution in [3.63, 3.8) is 0 Å². The Morgan fingerprint density at radius 2 is 1.84 bits per heavy atom. The topological polar surface area (TPSA) is 67.2 Å². The molecule has 0 saturated heterocycles. The highest BCUT2D eigenvalue weighted by Crippen LogP contribution is 2.30. The standard InChI is InChI=1S/C26H25N3O2/c1-27-25(31)15-14-20-10-7-11-21(16-20)26-28-23-12-5-6-13-24(23)29(26)22(18-30)17-19-8-3-2-4-9-19/h2-16,22,30H,17-18H2,1H3,(H,27,31)/b15-14+/t22-/m1/s1. The van der Waals surface area contributed by atoms with Crippen LogP contribution in [0.2, 0.25) is 0 Å². The summed E-state index contributed by atoms with van der Waals surface area (Å²) in [6, 6.07) is 25.9. The molecule has 0 aliphatic rings. The van der Waals surface area contributed by atoms with Gasteiger partial charge in [0, 0.05) is 18.7 Å². The smallest absolute Gasteiger partial charge is 0.243 e. The number of para-hydroxylation sites is 2. The molecule has 0 unspecified atom stereocenters. The van der Waals surface area contributed by atoms with Crippen LogP contribution in [0.25, 0.3) is 28.5 Å². The van der Waals surface area contributed by atoms with Crippen LogP contribution < -0.4 is 5.32 Å². The van der Waals surface area contributed by atoms with Crippen LogP contribution in [-0.2, 0) is 11.2 Å².